The molecule has 1 unspecified atom stereocenters. The maximum Gasteiger partial charge on any atom is 0.358 e. The zero-order valence-electron chi connectivity index (χ0n) is 17.8. The maximum absolute atomic E-state index is 12.9. The van der Waals surface area contributed by atoms with Crippen molar-refractivity contribution in [1.29, 1.82) is 0 Å². The van der Waals surface area contributed by atoms with Gasteiger partial charge in [0.25, 0.3) is 5.91 Å². The van der Waals surface area contributed by atoms with Crippen LogP contribution >= 0.6 is 11.3 Å². The van der Waals surface area contributed by atoms with Gasteiger partial charge in [-0.15, -0.1) is 11.3 Å². The van der Waals surface area contributed by atoms with Crippen LogP contribution in [-0.2, 0) is 14.3 Å². The summed E-state index contributed by atoms with van der Waals surface area (Å²) in [5, 5.41) is 9.96. The number of rotatable bonds is 7. The normalized spacial score (nSPS) is 15.2. The number of amides is 2. The van der Waals surface area contributed by atoms with Gasteiger partial charge in [0.2, 0.25) is 5.91 Å². The fourth-order valence-corrected chi connectivity index (χ4v) is 3.97. The molecule has 0 saturated carbocycles. The quantitative estimate of drug-likeness (QED) is 0.528. The lowest BCUT2D eigenvalue weighted by atomic mass is 10.0. The number of anilines is 1. The van der Waals surface area contributed by atoms with Gasteiger partial charge in [-0.2, -0.15) is 5.10 Å². The second-order valence-electron chi connectivity index (χ2n) is 7.04. The van der Waals surface area contributed by atoms with E-state index in [0.29, 0.717) is 23.6 Å². The highest BCUT2D eigenvalue weighted by Crippen LogP contribution is 2.33. The summed E-state index contributed by atoms with van der Waals surface area (Å²) >= 11 is 1.08. The van der Waals surface area contributed by atoms with Crippen LogP contribution in [0.4, 0.5) is 5.13 Å². The zero-order valence-corrected chi connectivity index (χ0v) is 18.6. The fourth-order valence-electron chi connectivity index (χ4n) is 3.24. The van der Waals surface area contributed by atoms with Crippen molar-refractivity contribution < 1.29 is 28.3 Å². The molecule has 1 N–H and O–H groups in total. The van der Waals surface area contributed by atoms with Gasteiger partial charge in [0.05, 0.1) is 19.1 Å². The number of nitrogens with one attached hydrogen (secondary N) is 1. The van der Waals surface area contributed by atoms with Crippen molar-refractivity contribution in [2.75, 3.05) is 19.0 Å². The Labute approximate surface area is 192 Å². The van der Waals surface area contributed by atoms with E-state index in [4.69, 9.17) is 13.9 Å². The van der Waals surface area contributed by atoms with E-state index >= 15 is 0 Å². The first-order valence-electron chi connectivity index (χ1n) is 9.92. The zero-order chi connectivity index (χ0) is 23.4. The van der Waals surface area contributed by atoms with Crippen LogP contribution in [0.2, 0.25) is 0 Å². The fraction of sp³-hybridized carbons (Fsp3) is 0.227. The second-order valence-corrected chi connectivity index (χ2v) is 7.90. The molecular formula is C22H20N4O6S. The summed E-state index contributed by atoms with van der Waals surface area (Å²) in [7, 11) is 1.59. The molecule has 0 bridgehead atoms. The van der Waals surface area contributed by atoms with Gasteiger partial charge in [0, 0.05) is 18.7 Å². The van der Waals surface area contributed by atoms with Gasteiger partial charge in [0.15, 0.2) is 17.4 Å². The molecule has 0 fully saturated rings. The number of hydrogen-bond donors (Lipinski definition) is 1. The summed E-state index contributed by atoms with van der Waals surface area (Å²) in [6.45, 7) is 0.812. The van der Waals surface area contributed by atoms with Crippen molar-refractivity contribution in [3.63, 3.8) is 0 Å². The van der Waals surface area contributed by atoms with Crippen molar-refractivity contribution in [3.8, 4) is 5.75 Å². The summed E-state index contributed by atoms with van der Waals surface area (Å²) in [6.07, 6.45) is 1.96. The number of thiazole rings is 1. The third kappa shape index (κ3) is 5.09. The SMILES string of the molecule is COc1ccc(C2=NN(C(=O)COC(=O)c3csc(NC(C)=O)n3)C(c3ccco3)C2)cc1. The summed E-state index contributed by atoms with van der Waals surface area (Å²) in [5.74, 6) is -0.303. The highest BCUT2D eigenvalue weighted by molar-refractivity contribution is 7.14. The molecule has 1 atom stereocenters. The Morgan fingerprint density at radius 1 is 1.24 bits per heavy atom. The number of carbonyl (C=O) groups is 3. The number of hydrazone groups is 1. The minimum absolute atomic E-state index is 0.00276. The number of methoxy groups -OCH3 is 1. The predicted octanol–water partition coefficient (Wildman–Crippen LogP) is 3.24. The van der Waals surface area contributed by atoms with Gasteiger partial charge >= 0.3 is 5.97 Å². The number of nitrogens with zero attached hydrogens (tertiary/aromatic N) is 3. The minimum atomic E-state index is -0.774. The average molecular weight is 468 g/mol. The van der Waals surface area contributed by atoms with Crippen LogP contribution < -0.4 is 10.1 Å². The molecule has 3 heterocycles. The van der Waals surface area contributed by atoms with E-state index < -0.39 is 24.5 Å². The highest BCUT2D eigenvalue weighted by Gasteiger charge is 2.35. The van der Waals surface area contributed by atoms with Crippen LogP contribution in [0.5, 0.6) is 5.75 Å². The smallest absolute Gasteiger partial charge is 0.358 e. The molecule has 0 spiro atoms. The molecule has 0 saturated heterocycles. The number of benzene rings is 1. The Bertz CT molecular complexity index is 1190. The Balaban J connectivity index is 1.47. The lowest BCUT2D eigenvalue weighted by Gasteiger charge is -2.19. The second kappa shape index (κ2) is 9.65. The summed E-state index contributed by atoms with van der Waals surface area (Å²) in [4.78, 5) is 40.3. The molecule has 2 aromatic heterocycles. The van der Waals surface area contributed by atoms with E-state index in [1.165, 1.54) is 23.6 Å². The number of hydrogen-bond acceptors (Lipinski definition) is 9. The molecule has 1 aliphatic heterocycles. The van der Waals surface area contributed by atoms with Gasteiger partial charge in [-0.3, -0.25) is 9.59 Å². The van der Waals surface area contributed by atoms with E-state index in [0.717, 1.165) is 16.9 Å². The molecule has 1 aliphatic rings. The molecule has 1 aromatic carbocycles. The number of carbonyl (C=O) groups excluding carboxylic acids is 3. The van der Waals surface area contributed by atoms with Gasteiger partial charge in [-0.05, 0) is 42.0 Å². The van der Waals surface area contributed by atoms with Crippen LogP contribution in [0.25, 0.3) is 0 Å². The number of esters is 1. The van der Waals surface area contributed by atoms with Crippen molar-refractivity contribution in [1.82, 2.24) is 9.99 Å². The lowest BCUT2D eigenvalue weighted by Crippen LogP contribution is -2.31. The van der Waals surface area contributed by atoms with Crippen molar-refractivity contribution in [3.05, 3.63) is 65.1 Å². The van der Waals surface area contributed by atoms with Gasteiger partial charge in [0.1, 0.15) is 17.6 Å². The van der Waals surface area contributed by atoms with Crippen molar-refractivity contribution >= 4 is 40.0 Å². The van der Waals surface area contributed by atoms with Gasteiger partial charge in [-0.25, -0.2) is 14.8 Å². The number of furan rings is 1. The molecule has 2 amide bonds. The molecule has 10 nitrogen and oxygen atoms in total. The van der Waals surface area contributed by atoms with Gasteiger partial charge < -0.3 is 19.2 Å². The number of aromatic nitrogens is 1. The molecule has 170 valence electrons. The van der Waals surface area contributed by atoms with E-state index in [9.17, 15) is 14.4 Å². The maximum atomic E-state index is 12.9. The predicted molar refractivity (Wildman–Crippen MR) is 119 cm³/mol. The Kier molecular flexibility index (Phi) is 6.50. The van der Waals surface area contributed by atoms with Crippen molar-refractivity contribution in [2.45, 2.75) is 19.4 Å². The average Bonchev–Trinajstić information content (AvgIpc) is 3.57. The highest BCUT2D eigenvalue weighted by atomic mass is 32.1. The summed E-state index contributed by atoms with van der Waals surface area (Å²) < 4.78 is 15.8. The topological polar surface area (TPSA) is 123 Å². The van der Waals surface area contributed by atoms with Gasteiger partial charge in [-0.1, -0.05) is 0 Å². The molecule has 4 rings (SSSR count). The number of ether oxygens (including phenoxy) is 2. The lowest BCUT2D eigenvalue weighted by molar-refractivity contribution is -0.136. The molecule has 0 radical (unpaired) electrons. The first-order valence-corrected chi connectivity index (χ1v) is 10.8. The van der Waals surface area contributed by atoms with Crippen LogP contribution in [0, 0.1) is 0 Å². The summed E-state index contributed by atoms with van der Waals surface area (Å²) in [6, 6.07) is 10.4. The Hall–Kier alpha value is -3.99. The van der Waals surface area contributed by atoms with E-state index in [-0.39, 0.29) is 16.7 Å². The molecular weight excluding hydrogens is 448 g/mol. The first-order chi connectivity index (χ1) is 15.9. The summed E-state index contributed by atoms with van der Waals surface area (Å²) in [5.41, 5.74) is 1.54. The largest absolute Gasteiger partial charge is 0.497 e. The van der Waals surface area contributed by atoms with Crippen LogP contribution in [-0.4, -0.2) is 47.2 Å². The molecule has 0 aliphatic carbocycles. The first kappa shape index (κ1) is 22.2. The van der Waals surface area contributed by atoms with Crippen LogP contribution in [0.15, 0.2) is 57.6 Å². The Morgan fingerprint density at radius 3 is 2.70 bits per heavy atom. The van der Waals surface area contributed by atoms with Crippen LogP contribution in [0.3, 0.4) is 0 Å². The molecule has 3 aromatic rings. The van der Waals surface area contributed by atoms with E-state index in [2.05, 4.69) is 15.4 Å². The Morgan fingerprint density at radius 2 is 2.03 bits per heavy atom. The van der Waals surface area contributed by atoms with Crippen molar-refractivity contribution in [2.24, 2.45) is 5.10 Å². The van der Waals surface area contributed by atoms with E-state index in [1.54, 1.807) is 19.2 Å². The van der Waals surface area contributed by atoms with E-state index in [1.807, 2.05) is 24.3 Å². The third-order valence-corrected chi connectivity index (χ3v) is 5.54. The standard InChI is InChI=1S/C22H20N4O6S/c1-13(27)23-22-24-17(12-33-22)21(29)32-11-20(28)26-18(19-4-3-9-31-19)10-16(25-26)14-5-7-15(30-2)8-6-14/h3-9,12,18H,10-11H2,1-2H3,(H,23,24,27). The van der Waals surface area contributed by atoms with Crippen LogP contribution in [0.1, 0.15) is 41.2 Å². The minimum Gasteiger partial charge on any atom is -0.497 e. The monoisotopic (exact) mass is 468 g/mol. The molecule has 33 heavy (non-hydrogen) atoms. The molecule has 11 heteroatoms. The third-order valence-electron chi connectivity index (χ3n) is 4.78.